The molecule has 2 atom stereocenters. The fourth-order valence-electron chi connectivity index (χ4n) is 5.11. The molecule has 2 N–H and O–H groups in total. The molecular formula is C27H32N2O5. The first-order valence-corrected chi connectivity index (χ1v) is 12.1. The Bertz CT molecular complexity index is 1010. The number of carbonyl (C=O) groups excluding carboxylic acids is 2. The van der Waals surface area contributed by atoms with Crippen LogP contribution in [0.15, 0.2) is 48.5 Å². The van der Waals surface area contributed by atoms with Gasteiger partial charge in [0.05, 0.1) is 0 Å². The van der Waals surface area contributed by atoms with Crippen LogP contribution in [-0.2, 0) is 14.3 Å². The Kier molecular flexibility index (Phi) is 7.50. The van der Waals surface area contributed by atoms with Crippen LogP contribution in [0.5, 0.6) is 0 Å². The Morgan fingerprint density at radius 1 is 1.00 bits per heavy atom. The highest BCUT2D eigenvalue weighted by Gasteiger charge is 2.32. The number of fused-ring (bicyclic) bond motifs is 3. The molecule has 1 aliphatic heterocycles. The largest absolute Gasteiger partial charge is 0.480 e. The second kappa shape index (κ2) is 10.7. The summed E-state index contributed by atoms with van der Waals surface area (Å²) in [6, 6.07) is 15.0. The maximum Gasteiger partial charge on any atom is 0.407 e. The van der Waals surface area contributed by atoms with Crippen molar-refractivity contribution >= 4 is 18.0 Å². The van der Waals surface area contributed by atoms with E-state index in [0.29, 0.717) is 13.0 Å². The number of nitrogens with one attached hydrogen (secondary N) is 1. The van der Waals surface area contributed by atoms with Gasteiger partial charge in [0.2, 0.25) is 5.91 Å². The number of nitrogens with zero attached hydrogens (tertiary/aromatic N) is 1. The molecule has 0 spiro atoms. The van der Waals surface area contributed by atoms with E-state index in [4.69, 9.17) is 4.74 Å². The lowest BCUT2D eigenvalue weighted by molar-refractivity contribution is -0.151. The van der Waals surface area contributed by atoms with Crippen LogP contribution in [-0.4, -0.2) is 53.2 Å². The standard InChI is InChI=1S/C27H32N2O5/c1-18(16-25(30)29-15-9-3-2-4-14-24(29)26(31)32)28-27(33)34-17-23-21-12-7-5-10-19(21)20-11-6-8-13-22(20)23/h5-8,10-13,18,23-24H,2-4,9,14-17H2,1H3,(H,28,33)(H,31,32)/t18-,24?/m0/s1. The Hall–Kier alpha value is -3.35. The first-order chi connectivity index (χ1) is 16.5. The van der Waals surface area contributed by atoms with Gasteiger partial charge in [0.1, 0.15) is 12.6 Å². The topological polar surface area (TPSA) is 95.9 Å². The van der Waals surface area contributed by atoms with Crippen molar-refractivity contribution in [2.75, 3.05) is 13.2 Å². The number of hydrogen-bond donors (Lipinski definition) is 2. The van der Waals surface area contributed by atoms with Crippen LogP contribution >= 0.6 is 0 Å². The van der Waals surface area contributed by atoms with Gasteiger partial charge in [-0.2, -0.15) is 0 Å². The summed E-state index contributed by atoms with van der Waals surface area (Å²) in [6.45, 7) is 2.38. The van der Waals surface area contributed by atoms with Gasteiger partial charge in [0, 0.05) is 24.9 Å². The minimum Gasteiger partial charge on any atom is -0.480 e. The molecule has 180 valence electrons. The molecule has 7 heteroatoms. The van der Waals surface area contributed by atoms with E-state index in [-0.39, 0.29) is 24.9 Å². The predicted octanol–water partition coefficient (Wildman–Crippen LogP) is 4.55. The number of rotatable bonds is 6. The minimum absolute atomic E-state index is 0.0348. The Morgan fingerprint density at radius 2 is 1.62 bits per heavy atom. The third-order valence-corrected chi connectivity index (χ3v) is 6.80. The molecular weight excluding hydrogens is 432 g/mol. The van der Waals surface area contributed by atoms with Crippen molar-refractivity contribution in [3.05, 3.63) is 59.7 Å². The Balaban J connectivity index is 1.33. The molecule has 1 unspecified atom stereocenters. The molecule has 0 radical (unpaired) electrons. The summed E-state index contributed by atoms with van der Waals surface area (Å²) in [5.41, 5.74) is 4.59. The van der Waals surface area contributed by atoms with Crippen LogP contribution in [0, 0.1) is 0 Å². The molecule has 1 saturated heterocycles. The van der Waals surface area contributed by atoms with E-state index in [9.17, 15) is 19.5 Å². The summed E-state index contributed by atoms with van der Waals surface area (Å²) in [4.78, 5) is 38.6. The normalized spacial score (nSPS) is 18.7. The number of amides is 2. The summed E-state index contributed by atoms with van der Waals surface area (Å²) >= 11 is 0. The molecule has 2 amide bonds. The number of benzene rings is 2. The highest BCUT2D eigenvalue weighted by atomic mass is 16.5. The molecule has 2 aliphatic rings. The van der Waals surface area contributed by atoms with Gasteiger partial charge in [-0.3, -0.25) is 4.79 Å². The van der Waals surface area contributed by atoms with Gasteiger partial charge < -0.3 is 20.1 Å². The molecule has 0 aromatic heterocycles. The van der Waals surface area contributed by atoms with E-state index in [1.807, 2.05) is 24.3 Å². The van der Waals surface area contributed by atoms with E-state index >= 15 is 0 Å². The summed E-state index contributed by atoms with van der Waals surface area (Å²) < 4.78 is 5.56. The molecule has 0 bridgehead atoms. The van der Waals surface area contributed by atoms with Gasteiger partial charge in [-0.05, 0) is 42.0 Å². The van der Waals surface area contributed by atoms with Crippen LogP contribution in [0.2, 0.25) is 0 Å². The SMILES string of the molecule is C[C@@H](CC(=O)N1CCCCCCC1C(=O)O)NC(=O)OCC1c2ccccc2-c2ccccc21. The Labute approximate surface area is 200 Å². The second-order valence-corrected chi connectivity index (χ2v) is 9.22. The van der Waals surface area contributed by atoms with Crippen molar-refractivity contribution in [2.45, 2.75) is 63.5 Å². The highest BCUT2D eigenvalue weighted by Crippen LogP contribution is 2.44. The zero-order chi connectivity index (χ0) is 24.1. The third-order valence-electron chi connectivity index (χ3n) is 6.80. The molecule has 34 heavy (non-hydrogen) atoms. The van der Waals surface area contributed by atoms with Gasteiger partial charge in [-0.25, -0.2) is 9.59 Å². The zero-order valence-electron chi connectivity index (χ0n) is 19.5. The maximum absolute atomic E-state index is 12.9. The number of likely N-dealkylation sites (tertiary alicyclic amines) is 1. The molecule has 1 fully saturated rings. The van der Waals surface area contributed by atoms with Gasteiger partial charge in [-0.15, -0.1) is 0 Å². The monoisotopic (exact) mass is 464 g/mol. The van der Waals surface area contributed by atoms with Gasteiger partial charge >= 0.3 is 12.1 Å². The zero-order valence-corrected chi connectivity index (χ0v) is 19.5. The fraction of sp³-hybridized carbons (Fsp3) is 0.444. The smallest absolute Gasteiger partial charge is 0.407 e. The number of carboxylic acid groups (broad SMARTS) is 1. The first kappa shape index (κ1) is 23.8. The number of aliphatic carboxylic acids is 1. The molecule has 1 heterocycles. The summed E-state index contributed by atoms with van der Waals surface area (Å²) in [5, 5.41) is 12.3. The number of hydrogen-bond acceptors (Lipinski definition) is 4. The van der Waals surface area contributed by atoms with Crippen molar-refractivity contribution in [3.63, 3.8) is 0 Å². The lowest BCUT2D eigenvalue weighted by Crippen LogP contribution is -2.48. The van der Waals surface area contributed by atoms with Crippen LogP contribution in [0.25, 0.3) is 11.1 Å². The van der Waals surface area contributed by atoms with Crippen molar-refractivity contribution < 1.29 is 24.2 Å². The lowest BCUT2D eigenvalue weighted by Gasteiger charge is -2.31. The molecule has 4 rings (SSSR count). The van der Waals surface area contributed by atoms with Crippen molar-refractivity contribution in [1.82, 2.24) is 10.2 Å². The van der Waals surface area contributed by atoms with Gasteiger partial charge in [-0.1, -0.05) is 67.8 Å². The fourth-order valence-corrected chi connectivity index (χ4v) is 5.11. The van der Waals surface area contributed by atoms with Crippen LogP contribution in [0.1, 0.15) is 62.5 Å². The predicted molar refractivity (Wildman–Crippen MR) is 129 cm³/mol. The van der Waals surface area contributed by atoms with Gasteiger partial charge in [0.15, 0.2) is 0 Å². The average molecular weight is 465 g/mol. The Morgan fingerprint density at radius 3 is 2.26 bits per heavy atom. The van der Waals surface area contributed by atoms with Crippen LogP contribution in [0.3, 0.4) is 0 Å². The quantitative estimate of drug-likeness (QED) is 0.654. The first-order valence-electron chi connectivity index (χ1n) is 12.1. The molecule has 7 nitrogen and oxygen atoms in total. The highest BCUT2D eigenvalue weighted by molar-refractivity contribution is 5.84. The van der Waals surface area contributed by atoms with Crippen molar-refractivity contribution in [3.8, 4) is 11.1 Å². The van der Waals surface area contributed by atoms with Crippen molar-refractivity contribution in [1.29, 1.82) is 0 Å². The number of carbonyl (C=O) groups is 3. The molecule has 0 saturated carbocycles. The van der Waals surface area contributed by atoms with Crippen molar-refractivity contribution in [2.24, 2.45) is 0 Å². The number of carboxylic acids is 1. The van der Waals surface area contributed by atoms with E-state index in [1.54, 1.807) is 6.92 Å². The summed E-state index contributed by atoms with van der Waals surface area (Å²) in [5.74, 6) is -1.25. The second-order valence-electron chi connectivity index (χ2n) is 9.22. The molecule has 2 aromatic rings. The summed E-state index contributed by atoms with van der Waals surface area (Å²) in [6.07, 6.45) is 3.50. The summed E-state index contributed by atoms with van der Waals surface area (Å²) in [7, 11) is 0. The minimum atomic E-state index is -0.965. The molecule has 1 aliphatic carbocycles. The van der Waals surface area contributed by atoms with Crippen LogP contribution in [0.4, 0.5) is 4.79 Å². The molecule has 2 aromatic carbocycles. The van der Waals surface area contributed by atoms with Gasteiger partial charge in [0.25, 0.3) is 0 Å². The van der Waals surface area contributed by atoms with E-state index in [0.717, 1.165) is 47.9 Å². The maximum atomic E-state index is 12.9. The number of alkyl carbamates (subject to hydrolysis) is 1. The van der Waals surface area contributed by atoms with E-state index in [1.165, 1.54) is 4.90 Å². The number of ether oxygens (including phenoxy) is 1. The third kappa shape index (κ3) is 5.24. The van der Waals surface area contributed by atoms with E-state index < -0.39 is 24.1 Å². The van der Waals surface area contributed by atoms with E-state index in [2.05, 4.69) is 29.6 Å². The van der Waals surface area contributed by atoms with Crippen LogP contribution < -0.4 is 5.32 Å². The lowest BCUT2D eigenvalue weighted by atomic mass is 9.98. The average Bonchev–Trinajstić information content (AvgIpc) is 3.11.